The van der Waals surface area contributed by atoms with Crippen LogP contribution < -0.4 is 5.56 Å². The number of hydrogen-bond acceptors (Lipinski definition) is 4. The summed E-state index contributed by atoms with van der Waals surface area (Å²) in [6, 6.07) is 9.05. The van der Waals surface area contributed by atoms with Gasteiger partial charge in [-0.25, -0.2) is 0 Å². The van der Waals surface area contributed by atoms with Crippen molar-refractivity contribution in [2.45, 2.75) is 6.92 Å². The van der Waals surface area contributed by atoms with E-state index in [1.807, 2.05) is 0 Å². The molecule has 0 spiro atoms. The Morgan fingerprint density at radius 1 is 1.25 bits per heavy atom. The number of ketones is 1. The summed E-state index contributed by atoms with van der Waals surface area (Å²) in [6.45, 7) is 1.32. The maximum Gasteiger partial charge on any atom is 0.270 e. The number of non-ortho nitro benzene ring substituents is 1. The highest BCUT2D eigenvalue weighted by Gasteiger charge is 2.13. The van der Waals surface area contributed by atoms with Crippen LogP contribution in [0.2, 0.25) is 0 Å². The molecule has 0 saturated heterocycles. The van der Waals surface area contributed by atoms with Crippen LogP contribution in [0.4, 0.5) is 5.69 Å². The Morgan fingerprint density at radius 3 is 2.55 bits per heavy atom. The van der Waals surface area contributed by atoms with Gasteiger partial charge in [0.25, 0.3) is 11.2 Å². The topological polar surface area (TPSA) is 82.2 Å². The first-order valence-electron chi connectivity index (χ1n) is 5.87. The van der Waals surface area contributed by atoms with Gasteiger partial charge >= 0.3 is 0 Å². The lowest BCUT2D eigenvalue weighted by atomic mass is 10.1. The SMILES string of the molecule is CC(=O)c1ccc(-c2cccc([N+](=O)[O-])c2)n(C)c1=O. The lowest BCUT2D eigenvalue weighted by molar-refractivity contribution is -0.384. The molecule has 0 amide bonds. The van der Waals surface area contributed by atoms with Crippen LogP contribution in [0.15, 0.2) is 41.2 Å². The van der Waals surface area contributed by atoms with E-state index in [-0.39, 0.29) is 17.0 Å². The summed E-state index contributed by atoms with van der Waals surface area (Å²) in [6.07, 6.45) is 0. The van der Waals surface area contributed by atoms with Crippen molar-refractivity contribution >= 4 is 11.5 Å². The molecule has 1 aromatic heterocycles. The van der Waals surface area contributed by atoms with E-state index >= 15 is 0 Å². The second-order valence-corrected chi connectivity index (χ2v) is 4.36. The molecule has 1 aromatic carbocycles. The molecule has 6 heteroatoms. The molecule has 0 fully saturated rings. The molecule has 0 aliphatic carbocycles. The van der Waals surface area contributed by atoms with Crippen LogP contribution in [0.3, 0.4) is 0 Å². The van der Waals surface area contributed by atoms with Crippen LogP contribution in [-0.4, -0.2) is 15.3 Å². The van der Waals surface area contributed by atoms with E-state index in [0.29, 0.717) is 11.3 Å². The van der Waals surface area contributed by atoms with E-state index in [4.69, 9.17) is 0 Å². The summed E-state index contributed by atoms with van der Waals surface area (Å²) in [4.78, 5) is 33.6. The lowest BCUT2D eigenvalue weighted by Crippen LogP contribution is -2.24. The number of Topliss-reactive ketones (excluding diaryl/α,β-unsaturated/α-hetero) is 1. The molecular formula is C14H12N2O4. The van der Waals surface area contributed by atoms with Crippen molar-refractivity contribution in [2.24, 2.45) is 7.05 Å². The molecule has 0 aliphatic rings. The summed E-state index contributed by atoms with van der Waals surface area (Å²) in [5.41, 5.74) is 0.700. The Morgan fingerprint density at radius 2 is 1.95 bits per heavy atom. The van der Waals surface area contributed by atoms with Gasteiger partial charge in [-0.1, -0.05) is 12.1 Å². The van der Waals surface area contributed by atoms with Crippen molar-refractivity contribution in [2.75, 3.05) is 0 Å². The largest absolute Gasteiger partial charge is 0.311 e. The van der Waals surface area contributed by atoms with Crippen LogP contribution in [0.1, 0.15) is 17.3 Å². The Balaban J connectivity index is 2.62. The first-order valence-corrected chi connectivity index (χ1v) is 5.87. The van der Waals surface area contributed by atoms with Crippen LogP contribution in [0, 0.1) is 10.1 Å². The fourth-order valence-electron chi connectivity index (χ4n) is 1.97. The Hall–Kier alpha value is -2.76. The third-order valence-corrected chi connectivity index (χ3v) is 3.04. The minimum absolute atomic E-state index is 0.0504. The fourth-order valence-corrected chi connectivity index (χ4v) is 1.97. The summed E-state index contributed by atoms with van der Waals surface area (Å²) >= 11 is 0. The van der Waals surface area contributed by atoms with Crippen molar-refractivity contribution in [3.05, 3.63) is 62.4 Å². The molecule has 0 bridgehead atoms. The van der Waals surface area contributed by atoms with Gasteiger partial charge in [0.05, 0.1) is 16.2 Å². The van der Waals surface area contributed by atoms with Crippen molar-refractivity contribution in [3.8, 4) is 11.3 Å². The summed E-state index contributed by atoms with van der Waals surface area (Å²) < 4.78 is 1.32. The number of nitrogens with zero attached hydrogens (tertiary/aromatic N) is 2. The highest BCUT2D eigenvalue weighted by atomic mass is 16.6. The molecule has 2 rings (SSSR count). The predicted octanol–water partition coefficient (Wildman–Crippen LogP) is 2.16. The highest BCUT2D eigenvalue weighted by molar-refractivity contribution is 5.94. The molecule has 0 radical (unpaired) electrons. The summed E-state index contributed by atoms with van der Waals surface area (Å²) in [5.74, 6) is -0.309. The van der Waals surface area contributed by atoms with Gasteiger partial charge in [-0.3, -0.25) is 19.7 Å². The summed E-state index contributed by atoms with van der Waals surface area (Å²) in [7, 11) is 1.53. The molecule has 0 atom stereocenters. The first kappa shape index (κ1) is 13.7. The number of carbonyl (C=O) groups is 1. The van der Waals surface area contributed by atoms with Gasteiger partial charge in [0.1, 0.15) is 0 Å². The second kappa shape index (κ2) is 5.08. The van der Waals surface area contributed by atoms with Crippen molar-refractivity contribution in [1.82, 2.24) is 4.57 Å². The van der Waals surface area contributed by atoms with Gasteiger partial charge in [-0.2, -0.15) is 0 Å². The zero-order valence-electron chi connectivity index (χ0n) is 11.0. The normalized spacial score (nSPS) is 10.3. The number of carbonyl (C=O) groups excluding carboxylic acids is 1. The van der Waals surface area contributed by atoms with Crippen LogP contribution in [-0.2, 0) is 7.05 Å². The number of aromatic nitrogens is 1. The monoisotopic (exact) mass is 272 g/mol. The van der Waals surface area contributed by atoms with E-state index in [2.05, 4.69) is 0 Å². The molecule has 0 unspecified atom stereocenters. The maximum atomic E-state index is 12.0. The Labute approximate surface area is 114 Å². The third-order valence-electron chi connectivity index (χ3n) is 3.04. The summed E-state index contributed by atoms with van der Waals surface area (Å²) in [5, 5.41) is 10.8. The molecule has 1 heterocycles. The van der Waals surface area contributed by atoms with E-state index in [0.717, 1.165) is 0 Å². The standard InChI is InChI=1S/C14H12N2O4/c1-9(17)12-6-7-13(15(2)14(12)18)10-4-3-5-11(8-10)16(19)20/h3-8H,1-2H3. The van der Waals surface area contributed by atoms with E-state index in [1.54, 1.807) is 18.2 Å². The number of nitro groups is 1. The van der Waals surface area contributed by atoms with Gasteiger partial charge in [-0.15, -0.1) is 0 Å². The number of hydrogen-bond donors (Lipinski definition) is 0. The molecule has 0 aliphatic heterocycles. The molecule has 102 valence electrons. The maximum absolute atomic E-state index is 12.0. The van der Waals surface area contributed by atoms with Crippen LogP contribution in [0.5, 0.6) is 0 Å². The van der Waals surface area contributed by atoms with Gasteiger partial charge in [0, 0.05) is 24.7 Å². The predicted molar refractivity (Wildman–Crippen MR) is 73.8 cm³/mol. The Bertz CT molecular complexity index is 762. The minimum Gasteiger partial charge on any atom is -0.311 e. The quantitative estimate of drug-likeness (QED) is 0.487. The minimum atomic E-state index is -0.494. The molecule has 6 nitrogen and oxygen atoms in total. The van der Waals surface area contributed by atoms with Gasteiger partial charge in [0.2, 0.25) is 0 Å². The third kappa shape index (κ3) is 2.35. The molecular weight excluding hydrogens is 260 g/mol. The number of pyridine rings is 1. The average molecular weight is 272 g/mol. The molecule has 0 N–H and O–H groups in total. The number of nitro benzene ring substituents is 1. The lowest BCUT2D eigenvalue weighted by Gasteiger charge is -2.09. The van der Waals surface area contributed by atoms with Crippen molar-refractivity contribution < 1.29 is 9.72 Å². The van der Waals surface area contributed by atoms with Crippen LogP contribution in [0.25, 0.3) is 11.3 Å². The highest BCUT2D eigenvalue weighted by Crippen LogP contribution is 2.22. The molecule has 20 heavy (non-hydrogen) atoms. The zero-order valence-corrected chi connectivity index (χ0v) is 11.0. The Kier molecular flexibility index (Phi) is 3.47. The van der Waals surface area contributed by atoms with Gasteiger partial charge in [-0.05, 0) is 19.1 Å². The average Bonchev–Trinajstić information content (AvgIpc) is 2.41. The molecule has 2 aromatic rings. The smallest absolute Gasteiger partial charge is 0.270 e. The number of rotatable bonds is 3. The van der Waals surface area contributed by atoms with Crippen LogP contribution >= 0.6 is 0 Å². The van der Waals surface area contributed by atoms with E-state index in [9.17, 15) is 19.7 Å². The van der Waals surface area contributed by atoms with E-state index < -0.39 is 10.5 Å². The van der Waals surface area contributed by atoms with Crippen molar-refractivity contribution in [3.63, 3.8) is 0 Å². The first-order chi connectivity index (χ1) is 9.41. The second-order valence-electron chi connectivity index (χ2n) is 4.36. The van der Waals surface area contributed by atoms with E-state index in [1.165, 1.54) is 36.7 Å². The van der Waals surface area contributed by atoms with Gasteiger partial charge in [0.15, 0.2) is 5.78 Å². The zero-order chi connectivity index (χ0) is 14.9. The molecule has 0 saturated carbocycles. The number of benzene rings is 1. The van der Waals surface area contributed by atoms with Crippen molar-refractivity contribution in [1.29, 1.82) is 0 Å². The van der Waals surface area contributed by atoms with Gasteiger partial charge < -0.3 is 4.57 Å². The fraction of sp³-hybridized carbons (Fsp3) is 0.143.